The van der Waals surface area contributed by atoms with Crippen LogP contribution in [0.2, 0.25) is 0 Å². The van der Waals surface area contributed by atoms with Gasteiger partial charge in [-0.05, 0) is 18.9 Å². The van der Waals surface area contributed by atoms with Gasteiger partial charge >= 0.3 is 15.6 Å². The normalized spacial score (nSPS) is 23.1. The average Bonchev–Trinajstić information content (AvgIpc) is 2.59. The first kappa shape index (κ1) is 15.0. The maximum Gasteiger partial charge on any atom is 0.534 e. The minimum Gasteiger partial charge on any atom is -0.381 e. The van der Waals surface area contributed by atoms with E-state index in [1.165, 1.54) is 0 Å². The lowest BCUT2D eigenvalue weighted by Gasteiger charge is -2.28. The molecule has 0 atom stereocenters. The first-order valence-electron chi connectivity index (χ1n) is 5.85. The Kier molecular flexibility index (Phi) is 3.43. The van der Waals surface area contributed by atoms with Gasteiger partial charge in [-0.25, -0.2) is 0 Å². The average molecular weight is 312 g/mol. The van der Waals surface area contributed by atoms with Crippen molar-refractivity contribution in [2.45, 2.75) is 37.6 Å². The third kappa shape index (κ3) is 2.34. The number of halogens is 3. The second kappa shape index (κ2) is 4.57. The first-order valence-corrected chi connectivity index (χ1v) is 7.26. The van der Waals surface area contributed by atoms with Crippen molar-refractivity contribution in [1.82, 2.24) is 0 Å². The van der Waals surface area contributed by atoms with Crippen LogP contribution in [0.25, 0.3) is 0 Å². The summed E-state index contributed by atoms with van der Waals surface area (Å²) in [6.45, 7) is 0. The number of carbonyl (C=O) groups excluding carboxylic acids is 2. The molecular formula is C11H11F3O5S. The number of hydrogen-bond donors (Lipinski definition) is 0. The lowest BCUT2D eigenvalue weighted by atomic mass is 9.74. The van der Waals surface area contributed by atoms with Crippen LogP contribution in [0.3, 0.4) is 0 Å². The van der Waals surface area contributed by atoms with Gasteiger partial charge < -0.3 is 4.18 Å². The third-order valence-corrected chi connectivity index (χ3v) is 4.62. The fraction of sp³-hybridized carbons (Fsp3) is 0.636. The van der Waals surface area contributed by atoms with E-state index in [4.69, 9.17) is 0 Å². The summed E-state index contributed by atoms with van der Waals surface area (Å²) < 4.78 is 62.2. The van der Waals surface area contributed by atoms with Crippen LogP contribution in [-0.4, -0.2) is 25.5 Å². The molecule has 0 bridgehead atoms. The van der Waals surface area contributed by atoms with E-state index < -0.39 is 21.0 Å². The molecule has 0 aliphatic heterocycles. The highest BCUT2D eigenvalue weighted by Crippen LogP contribution is 2.44. The van der Waals surface area contributed by atoms with Crippen LogP contribution in [0.5, 0.6) is 0 Å². The van der Waals surface area contributed by atoms with Crippen molar-refractivity contribution in [2.24, 2.45) is 5.41 Å². The molecule has 0 heterocycles. The molecule has 0 saturated heterocycles. The van der Waals surface area contributed by atoms with Crippen LogP contribution in [-0.2, 0) is 23.9 Å². The highest BCUT2D eigenvalue weighted by Gasteiger charge is 2.52. The highest BCUT2D eigenvalue weighted by molar-refractivity contribution is 7.87. The van der Waals surface area contributed by atoms with Gasteiger partial charge in [0.25, 0.3) is 0 Å². The Hall–Kier alpha value is -1.38. The van der Waals surface area contributed by atoms with Crippen molar-refractivity contribution in [3.05, 3.63) is 11.8 Å². The van der Waals surface area contributed by atoms with Crippen LogP contribution in [0.1, 0.15) is 32.1 Å². The molecule has 1 saturated carbocycles. The van der Waals surface area contributed by atoms with Crippen molar-refractivity contribution in [3.63, 3.8) is 0 Å². The molecule has 2 aliphatic carbocycles. The molecule has 0 radical (unpaired) electrons. The van der Waals surface area contributed by atoms with Crippen molar-refractivity contribution < 1.29 is 35.4 Å². The molecule has 1 spiro atoms. The van der Waals surface area contributed by atoms with E-state index in [1.54, 1.807) is 0 Å². The predicted molar refractivity (Wildman–Crippen MR) is 59.7 cm³/mol. The molecule has 5 nitrogen and oxygen atoms in total. The first-order chi connectivity index (χ1) is 9.08. The minimum absolute atomic E-state index is 0.0100. The minimum atomic E-state index is -5.70. The standard InChI is InChI=1S/C11H11F3O5S/c12-11(13,14)20(17,18)19-7-3-5-10(6-4-7)8(15)1-2-9(10)16/h3H,1-2,4-6H2. The summed E-state index contributed by atoms with van der Waals surface area (Å²) >= 11 is 0. The summed E-state index contributed by atoms with van der Waals surface area (Å²) in [5.74, 6) is -0.853. The Morgan fingerprint density at radius 1 is 1.10 bits per heavy atom. The van der Waals surface area contributed by atoms with E-state index in [0.29, 0.717) is 0 Å². The smallest absolute Gasteiger partial charge is 0.381 e. The number of Topliss-reactive ketones (excluding diaryl/α,β-unsaturated/α-hetero) is 2. The quantitative estimate of drug-likeness (QED) is 0.442. The lowest BCUT2D eigenvalue weighted by molar-refractivity contribution is -0.135. The van der Waals surface area contributed by atoms with Crippen LogP contribution in [0.15, 0.2) is 11.8 Å². The van der Waals surface area contributed by atoms with Gasteiger partial charge in [-0.2, -0.15) is 21.6 Å². The maximum absolute atomic E-state index is 12.2. The van der Waals surface area contributed by atoms with E-state index in [0.717, 1.165) is 6.08 Å². The summed E-state index contributed by atoms with van der Waals surface area (Å²) in [6, 6.07) is 0. The van der Waals surface area contributed by atoms with E-state index in [9.17, 15) is 31.2 Å². The molecule has 0 aromatic rings. The fourth-order valence-electron chi connectivity index (χ4n) is 2.46. The molecule has 2 rings (SSSR count). The Morgan fingerprint density at radius 3 is 2.05 bits per heavy atom. The highest BCUT2D eigenvalue weighted by atomic mass is 32.2. The number of ketones is 2. The van der Waals surface area contributed by atoms with Crippen LogP contribution in [0.4, 0.5) is 13.2 Å². The van der Waals surface area contributed by atoms with Crippen LogP contribution < -0.4 is 0 Å². The van der Waals surface area contributed by atoms with Crippen LogP contribution >= 0.6 is 0 Å². The van der Waals surface area contributed by atoms with Gasteiger partial charge in [0.1, 0.15) is 17.3 Å². The summed E-state index contributed by atoms with van der Waals surface area (Å²) in [5.41, 5.74) is -6.68. The van der Waals surface area contributed by atoms with Crippen molar-refractivity contribution in [1.29, 1.82) is 0 Å². The van der Waals surface area contributed by atoms with Gasteiger partial charge in [0.15, 0.2) is 0 Å². The number of hydrogen-bond acceptors (Lipinski definition) is 5. The van der Waals surface area contributed by atoms with Crippen molar-refractivity contribution >= 4 is 21.7 Å². The zero-order valence-corrected chi connectivity index (χ0v) is 11.0. The van der Waals surface area contributed by atoms with Crippen molar-refractivity contribution in [2.75, 3.05) is 0 Å². The maximum atomic E-state index is 12.2. The molecule has 112 valence electrons. The van der Waals surface area contributed by atoms with E-state index in [2.05, 4.69) is 4.18 Å². The summed E-state index contributed by atoms with van der Waals surface area (Å²) in [7, 11) is -5.70. The van der Waals surface area contributed by atoms with Gasteiger partial charge in [-0.1, -0.05) is 0 Å². The van der Waals surface area contributed by atoms with Gasteiger partial charge in [0, 0.05) is 19.3 Å². The molecule has 0 unspecified atom stereocenters. The molecule has 20 heavy (non-hydrogen) atoms. The molecule has 0 aromatic heterocycles. The summed E-state index contributed by atoms with van der Waals surface area (Å²) in [5, 5.41) is 0. The van der Waals surface area contributed by atoms with E-state index in [1.807, 2.05) is 0 Å². The van der Waals surface area contributed by atoms with Gasteiger partial charge in [0.2, 0.25) is 0 Å². The van der Waals surface area contributed by atoms with Crippen molar-refractivity contribution in [3.8, 4) is 0 Å². The molecule has 9 heteroatoms. The lowest BCUT2D eigenvalue weighted by Crippen LogP contribution is -2.35. The molecule has 0 N–H and O–H groups in total. The summed E-state index contributed by atoms with van der Waals surface area (Å²) in [4.78, 5) is 23.4. The molecule has 0 aromatic carbocycles. The molecule has 0 amide bonds. The third-order valence-electron chi connectivity index (χ3n) is 3.62. The Bertz CT molecular complexity index is 572. The molecule has 1 fully saturated rings. The monoisotopic (exact) mass is 312 g/mol. The van der Waals surface area contributed by atoms with Crippen LogP contribution in [0, 0.1) is 5.41 Å². The largest absolute Gasteiger partial charge is 0.534 e. The second-order valence-corrected chi connectivity index (χ2v) is 6.32. The number of rotatable bonds is 2. The van der Waals surface area contributed by atoms with Gasteiger partial charge in [-0.3, -0.25) is 9.59 Å². The van der Waals surface area contributed by atoms with Gasteiger partial charge in [-0.15, -0.1) is 0 Å². The zero-order chi connectivity index (χ0) is 15.2. The second-order valence-electron chi connectivity index (χ2n) is 4.79. The zero-order valence-electron chi connectivity index (χ0n) is 10.2. The summed E-state index contributed by atoms with van der Waals surface area (Å²) in [6.07, 6.45) is 1.05. The SMILES string of the molecule is O=C1CCC(=O)C12CC=C(OS(=O)(=O)C(F)(F)F)CC2. The topological polar surface area (TPSA) is 77.5 Å². The Balaban J connectivity index is 2.15. The number of allylic oxidation sites excluding steroid dienone is 2. The number of carbonyl (C=O) groups is 2. The molecular weight excluding hydrogens is 301 g/mol. The Labute approximate surface area is 112 Å². The van der Waals surface area contributed by atoms with Gasteiger partial charge in [0.05, 0.1) is 5.41 Å². The fourth-order valence-corrected chi connectivity index (χ4v) is 2.99. The predicted octanol–water partition coefficient (Wildman–Crippen LogP) is 1.84. The number of alkyl halides is 3. The van der Waals surface area contributed by atoms with E-state index >= 15 is 0 Å². The Morgan fingerprint density at radius 2 is 1.65 bits per heavy atom. The van der Waals surface area contributed by atoms with E-state index in [-0.39, 0.29) is 49.4 Å². The molecule has 2 aliphatic rings.